The summed E-state index contributed by atoms with van der Waals surface area (Å²) in [5, 5.41) is 11.8. The Hall–Kier alpha value is -1.14. The van der Waals surface area contributed by atoms with Crippen LogP contribution in [0.5, 0.6) is 0 Å². The maximum absolute atomic E-state index is 11.7. The molecule has 1 saturated heterocycles. The zero-order valence-corrected chi connectivity index (χ0v) is 9.16. The van der Waals surface area contributed by atoms with Crippen molar-refractivity contribution in [3.8, 4) is 0 Å². The largest absolute Gasteiger partial charge is 0.481 e. The number of amides is 1. The van der Waals surface area contributed by atoms with Crippen LogP contribution in [0.25, 0.3) is 0 Å². The fourth-order valence-corrected chi connectivity index (χ4v) is 1.75. The molecule has 0 aromatic rings. The number of nitrogens with one attached hydrogen (secondary N) is 1. The molecule has 6 heteroatoms. The van der Waals surface area contributed by atoms with E-state index in [4.69, 9.17) is 15.6 Å². The summed E-state index contributed by atoms with van der Waals surface area (Å²) < 4.78 is 5.13. The lowest BCUT2D eigenvalue weighted by Crippen LogP contribution is -2.54. The third-order valence-corrected chi connectivity index (χ3v) is 3.49. The van der Waals surface area contributed by atoms with Crippen LogP contribution in [0.1, 0.15) is 19.8 Å². The second kappa shape index (κ2) is 3.43. The minimum atomic E-state index is -1.05. The zero-order chi connectivity index (χ0) is 12.0. The lowest BCUT2D eigenvalue weighted by Gasteiger charge is -2.26. The molecule has 2 atom stereocenters. The lowest BCUT2D eigenvalue weighted by atomic mass is 9.85. The molecule has 16 heavy (non-hydrogen) atoms. The summed E-state index contributed by atoms with van der Waals surface area (Å²) in [7, 11) is 0. The number of nitrogens with two attached hydrogens (primary N) is 1. The van der Waals surface area contributed by atoms with Gasteiger partial charge in [0, 0.05) is 0 Å². The first-order valence-corrected chi connectivity index (χ1v) is 5.29. The first-order valence-electron chi connectivity index (χ1n) is 5.29. The second-order valence-corrected chi connectivity index (χ2v) is 4.92. The third-order valence-electron chi connectivity index (χ3n) is 3.49. The molecule has 2 unspecified atom stereocenters. The standard InChI is InChI=1S/C10H16N2O4/c1-9(8(14)15)5-16-4-6(9)12-7(13)10(11)2-3-10/h6H,2-5,11H2,1H3,(H,12,13)(H,14,15). The average Bonchev–Trinajstić information content (AvgIpc) is 2.85. The Balaban J connectivity index is 2.04. The molecule has 1 aliphatic heterocycles. The number of hydrogen-bond acceptors (Lipinski definition) is 4. The molecule has 2 rings (SSSR count). The van der Waals surface area contributed by atoms with E-state index in [-0.39, 0.29) is 19.1 Å². The Morgan fingerprint density at radius 1 is 1.50 bits per heavy atom. The van der Waals surface area contributed by atoms with E-state index in [0.29, 0.717) is 12.8 Å². The number of carbonyl (C=O) groups is 2. The van der Waals surface area contributed by atoms with E-state index in [9.17, 15) is 9.59 Å². The van der Waals surface area contributed by atoms with Gasteiger partial charge in [-0.3, -0.25) is 9.59 Å². The number of rotatable bonds is 3. The molecule has 1 aliphatic carbocycles. The van der Waals surface area contributed by atoms with Crippen molar-refractivity contribution >= 4 is 11.9 Å². The monoisotopic (exact) mass is 228 g/mol. The van der Waals surface area contributed by atoms with Crippen molar-refractivity contribution < 1.29 is 19.4 Å². The third kappa shape index (κ3) is 1.68. The maximum atomic E-state index is 11.7. The van der Waals surface area contributed by atoms with Crippen LogP contribution in [0.2, 0.25) is 0 Å². The Labute approximate surface area is 93.1 Å². The highest BCUT2D eigenvalue weighted by Gasteiger charge is 2.51. The summed E-state index contributed by atoms with van der Waals surface area (Å²) in [4.78, 5) is 22.8. The van der Waals surface area contributed by atoms with Gasteiger partial charge in [-0.25, -0.2) is 0 Å². The van der Waals surface area contributed by atoms with Crippen molar-refractivity contribution in [2.75, 3.05) is 13.2 Å². The Morgan fingerprint density at radius 3 is 2.62 bits per heavy atom. The highest BCUT2D eigenvalue weighted by Crippen LogP contribution is 2.34. The molecule has 1 saturated carbocycles. The molecule has 2 aliphatic rings. The summed E-state index contributed by atoms with van der Waals surface area (Å²) in [6.45, 7) is 1.92. The maximum Gasteiger partial charge on any atom is 0.313 e. The molecular formula is C10H16N2O4. The van der Waals surface area contributed by atoms with Gasteiger partial charge in [0.25, 0.3) is 0 Å². The Bertz CT molecular complexity index is 340. The van der Waals surface area contributed by atoms with Gasteiger partial charge in [-0.2, -0.15) is 0 Å². The van der Waals surface area contributed by atoms with Crippen LogP contribution in [0.15, 0.2) is 0 Å². The van der Waals surface area contributed by atoms with Crippen molar-refractivity contribution in [3.05, 3.63) is 0 Å². The minimum absolute atomic E-state index is 0.116. The van der Waals surface area contributed by atoms with Gasteiger partial charge in [0.05, 0.1) is 24.8 Å². The van der Waals surface area contributed by atoms with Gasteiger partial charge < -0.3 is 20.9 Å². The number of carboxylic acids is 1. The van der Waals surface area contributed by atoms with Gasteiger partial charge in [0.15, 0.2) is 0 Å². The molecule has 2 fully saturated rings. The minimum Gasteiger partial charge on any atom is -0.481 e. The number of ether oxygens (including phenoxy) is 1. The van der Waals surface area contributed by atoms with E-state index in [0.717, 1.165) is 0 Å². The number of carbonyl (C=O) groups excluding carboxylic acids is 1. The first-order chi connectivity index (χ1) is 7.38. The van der Waals surface area contributed by atoms with E-state index in [1.54, 1.807) is 6.92 Å². The second-order valence-electron chi connectivity index (χ2n) is 4.92. The van der Waals surface area contributed by atoms with E-state index < -0.39 is 23.0 Å². The molecule has 0 aromatic carbocycles. The summed E-state index contributed by atoms with van der Waals surface area (Å²) in [5.74, 6) is -1.23. The molecule has 1 heterocycles. The van der Waals surface area contributed by atoms with Crippen molar-refractivity contribution in [3.63, 3.8) is 0 Å². The van der Waals surface area contributed by atoms with Crippen LogP contribution in [0, 0.1) is 5.41 Å². The van der Waals surface area contributed by atoms with E-state index in [1.807, 2.05) is 0 Å². The Kier molecular flexibility index (Phi) is 2.43. The van der Waals surface area contributed by atoms with Gasteiger partial charge in [-0.05, 0) is 19.8 Å². The van der Waals surface area contributed by atoms with Crippen molar-refractivity contribution in [1.82, 2.24) is 5.32 Å². The average molecular weight is 228 g/mol. The van der Waals surface area contributed by atoms with E-state index in [2.05, 4.69) is 5.32 Å². The SMILES string of the molecule is CC1(C(=O)O)COCC1NC(=O)C1(N)CC1. The molecule has 1 amide bonds. The molecule has 0 spiro atoms. The fraction of sp³-hybridized carbons (Fsp3) is 0.800. The highest BCUT2D eigenvalue weighted by atomic mass is 16.5. The molecule has 90 valence electrons. The fourth-order valence-electron chi connectivity index (χ4n) is 1.75. The smallest absolute Gasteiger partial charge is 0.313 e. The van der Waals surface area contributed by atoms with Crippen molar-refractivity contribution in [2.24, 2.45) is 11.1 Å². The molecule has 6 nitrogen and oxygen atoms in total. The number of aliphatic carboxylic acids is 1. The normalized spacial score (nSPS) is 35.8. The summed E-state index contributed by atoms with van der Waals surface area (Å²) >= 11 is 0. The van der Waals surface area contributed by atoms with Gasteiger partial charge >= 0.3 is 5.97 Å². The van der Waals surface area contributed by atoms with Gasteiger partial charge in [0.2, 0.25) is 5.91 Å². The predicted octanol–water partition coefficient (Wildman–Crippen LogP) is -0.916. The molecule has 0 bridgehead atoms. The lowest BCUT2D eigenvalue weighted by molar-refractivity contribution is -0.149. The van der Waals surface area contributed by atoms with Crippen molar-refractivity contribution in [1.29, 1.82) is 0 Å². The van der Waals surface area contributed by atoms with E-state index >= 15 is 0 Å². The predicted molar refractivity (Wildman–Crippen MR) is 54.6 cm³/mol. The van der Waals surface area contributed by atoms with Crippen LogP contribution < -0.4 is 11.1 Å². The van der Waals surface area contributed by atoms with Crippen LogP contribution in [-0.4, -0.2) is 41.8 Å². The molecule has 0 radical (unpaired) electrons. The zero-order valence-electron chi connectivity index (χ0n) is 9.16. The summed E-state index contributed by atoms with van der Waals surface area (Å²) in [6.07, 6.45) is 1.33. The van der Waals surface area contributed by atoms with Crippen LogP contribution in [0.4, 0.5) is 0 Å². The quantitative estimate of drug-likeness (QED) is 0.580. The van der Waals surface area contributed by atoms with Gasteiger partial charge in [0.1, 0.15) is 5.41 Å². The van der Waals surface area contributed by atoms with Crippen LogP contribution >= 0.6 is 0 Å². The van der Waals surface area contributed by atoms with Crippen molar-refractivity contribution in [2.45, 2.75) is 31.3 Å². The summed E-state index contributed by atoms with van der Waals surface area (Å²) in [5.41, 5.74) is 3.90. The van der Waals surface area contributed by atoms with Gasteiger partial charge in [-0.15, -0.1) is 0 Å². The van der Waals surface area contributed by atoms with Crippen LogP contribution in [0.3, 0.4) is 0 Å². The Morgan fingerprint density at radius 2 is 2.12 bits per heavy atom. The molecular weight excluding hydrogens is 212 g/mol. The topological polar surface area (TPSA) is 102 Å². The van der Waals surface area contributed by atoms with Gasteiger partial charge in [-0.1, -0.05) is 0 Å². The highest BCUT2D eigenvalue weighted by molar-refractivity contribution is 5.90. The molecule has 4 N–H and O–H groups in total. The van der Waals surface area contributed by atoms with E-state index in [1.165, 1.54) is 0 Å². The van der Waals surface area contributed by atoms with Crippen LogP contribution in [-0.2, 0) is 14.3 Å². The summed E-state index contributed by atoms with van der Waals surface area (Å²) in [6, 6.07) is -0.501. The number of carboxylic acid groups (broad SMARTS) is 1. The first kappa shape index (κ1) is 11.3. The molecule has 0 aromatic heterocycles. The number of hydrogen-bond donors (Lipinski definition) is 3.